The average Bonchev–Trinajstić information content (AvgIpc) is 3.07. The number of pyridine rings is 1. The van der Waals surface area contributed by atoms with Crippen LogP contribution in [0.15, 0.2) is 42.6 Å². The van der Waals surface area contributed by atoms with Crippen molar-refractivity contribution in [3.05, 3.63) is 48.2 Å². The molecule has 1 fully saturated rings. The first kappa shape index (κ1) is 18.3. The summed E-state index contributed by atoms with van der Waals surface area (Å²) < 4.78 is 10.8. The molecule has 1 aromatic carbocycles. The number of likely N-dealkylation sites (N-methyl/N-ethyl adjacent to an activating group) is 1. The Morgan fingerprint density at radius 1 is 1.35 bits per heavy atom. The van der Waals surface area contributed by atoms with Gasteiger partial charge in [0.1, 0.15) is 5.75 Å². The van der Waals surface area contributed by atoms with Gasteiger partial charge in [0.15, 0.2) is 6.61 Å². The Bertz CT molecular complexity index is 753. The van der Waals surface area contributed by atoms with E-state index in [1.54, 1.807) is 12.3 Å². The summed E-state index contributed by atoms with van der Waals surface area (Å²) in [5, 5.41) is 18.9. The van der Waals surface area contributed by atoms with Crippen molar-refractivity contribution in [2.75, 3.05) is 26.9 Å². The van der Waals surface area contributed by atoms with E-state index in [4.69, 9.17) is 14.6 Å². The maximum Gasteiger partial charge on any atom is 0.341 e. The van der Waals surface area contributed by atoms with E-state index < -0.39 is 18.7 Å². The number of aromatic nitrogens is 1. The van der Waals surface area contributed by atoms with Crippen LogP contribution in [0, 0.1) is 0 Å². The van der Waals surface area contributed by atoms with Crippen LogP contribution in [0.4, 0.5) is 0 Å². The Balaban J connectivity index is 1.86. The van der Waals surface area contributed by atoms with E-state index >= 15 is 0 Å². The molecule has 1 saturated heterocycles. The van der Waals surface area contributed by atoms with Crippen molar-refractivity contribution >= 4 is 5.97 Å². The number of benzene rings is 1. The molecule has 2 atom stereocenters. The van der Waals surface area contributed by atoms with Crippen molar-refractivity contribution in [1.29, 1.82) is 0 Å². The number of hydrogen-bond acceptors (Lipinski definition) is 6. The lowest BCUT2D eigenvalue weighted by Gasteiger charge is -2.26. The van der Waals surface area contributed by atoms with E-state index in [9.17, 15) is 9.90 Å². The molecule has 0 bridgehead atoms. The van der Waals surface area contributed by atoms with Gasteiger partial charge in [-0.1, -0.05) is 6.07 Å². The molecule has 2 N–H and O–H groups in total. The highest BCUT2D eigenvalue weighted by Crippen LogP contribution is 2.28. The zero-order valence-corrected chi connectivity index (χ0v) is 14.5. The normalized spacial score (nSPS) is 19.7. The van der Waals surface area contributed by atoms with Crippen LogP contribution in [0.2, 0.25) is 0 Å². The number of carbonyl (C=O) groups is 1. The molecule has 1 aliphatic rings. The van der Waals surface area contributed by atoms with Crippen LogP contribution >= 0.6 is 0 Å². The highest BCUT2D eigenvalue weighted by atomic mass is 16.5. The van der Waals surface area contributed by atoms with Gasteiger partial charge in [-0.15, -0.1) is 0 Å². The highest BCUT2D eigenvalue weighted by Gasteiger charge is 2.30. The highest BCUT2D eigenvalue weighted by molar-refractivity contribution is 5.69. The maximum atomic E-state index is 10.9. The SMILES string of the molecule is CN(Cc1cc(-c2ccccn2)ccc1OCC(=O)O)[C@H]1COC[C@@H]1O. The molecule has 0 radical (unpaired) electrons. The fraction of sp³-hybridized carbons (Fsp3) is 0.368. The van der Waals surface area contributed by atoms with E-state index in [1.807, 2.05) is 42.3 Å². The third-order valence-electron chi connectivity index (χ3n) is 4.38. The second-order valence-electron chi connectivity index (χ2n) is 6.31. The topological polar surface area (TPSA) is 92.1 Å². The van der Waals surface area contributed by atoms with E-state index in [2.05, 4.69) is 4.98 Å². The number of ether oxygens (including phenoxy) is 2. The summed E-state index contributed by atoms with van der Waals surface area (Å²) in [7, 11) is 1.90. The first-order chi connectivity index (χ1) is 12.5. The van der Waals surface area contributed by atoms with Crippen LogP contribution in [0.3, 0.4) is 0 Å². The molecule has 1 aliphatic heterocycles. The zero-order chi connectivity index (χ0) is 18.5. The number of carboxylic acids is 1. The molecular weight excluding hydrogens is 336 g/mol. The van der Waals surface area contributed by atoms with Gasteiger partial charge in [0.05, 0.1) is 31.1 Å². The summed E-state index contributed by atoms with van der Waals surface area (Å²) in [5.41, 5.74) is 2.57. The molecule has 0 amide bonds. The second-order valence-corrected chi connectivity index (χ2v) is 6.31. The molecule has 138 valence electrons. The fourth-order valence-electron chi connectivity index (χ4n) is 3.01. The molecule has 3 rings (SSSR count). The average molecular weight is 358 g/mol. The largest absolute Gasteiger partial charge is 0.482 e. The number of nitrogens with zero attached hydrogens (tertiary/aromatic N) is 2. The molecule has 7 heteroatoms. The van der Waals surface area contributed by atoms with Crippen molar-refractivity contribution in [3.63, 3.8) is 0 Å². The molecule has 0 spiro atoms. The van der Waals surface area contributed by atoms with Crippen molar-refractivity contribution in [3.8, 4) is 17.0 Å². The minimum Gasteiger partial charge on any atom is -0.482 e. The van der Waals surface area contributed by atoms with Crippen molar-refractivity contribution in [2.45, 2.75) is 18.7 Å². The summed E-state index contributed by atoms with van der Waals surface area (Å²) in [6.07, 6.45) is 1.18. The van der Waals surface area contributed by atoms with Gasteiger partial charge in [-0.25, -0.2) is 4.79 Å². The van der Waals surface area contributed by atoms with Crippen LogP contribution in [-0.4, -0.2) is 65.1 Å². The van der Waals surface area contributed by atoms with E-state index in [-0.39, 0.29) is 6.04 Å². The third kappa shape index (κ3) is 4.37. The van der Waals surface area contributed by atoms with Crippen LogP contribution in [-0.2, 0) is 16.1 Å². The van der Waals surface area contributed by atoms with E-state index in [0.29, 0.717) is 25.5 Å². The van der Waals surface area contributed by atoms with Gasteiger partial charge in [-0.2, -0.15) is 0 Å². The van der Waals surface area contributed by atoms with Crippen LogP contribution < -0.4 is 4.74 Å². The lowest BCUT2D eigenvalue weighted by atomic mass is 10.0. The summed E-state index contributed by atoms with van der Waals surface area (Å²) >= 11 is 0. The number of carboxylic acid groups (broad SMARTS) is 1. The third-order valence-corrected chi connectivity index (χ3v) is 4.38. The predicted molar refractivity (Wildman–Crippen MR) is 94.9 cm³/mol. The van der Waals surface area contributed by atoms with Gasteiger partial charge in [0.2, 0.25) is 0 Å². The van der Waals surface area contributed by atoms with Crippen molar-refractivity contribution in [2.24, 2.45) is 0 Å². The summed E-state index contributed by atoms with van der Waals surface area (Å²) in [6, 6.07) is 11.1. The molecule has 0 aliphatic carbocycles. The van der Waals surface area contributed by atoms with Crippen LogP contribution in [0.5, 0.6) is 5.75 Å². The number of aliphatic hydroxyl groups excluding tert-OH is 1. The predicted octanol–water partition coefficient (Wildman–Crippen LogP) is 1.40. The van der Waals surface area contributed by atoms with Gasteiger partial charge in [-0.3, -0.25) is 9.88 Å². The molecular formula is C19H22N2O5. The summed E-state index contributed by atoms with van der Waals surface area (Å²) in [4.78, 5) is 17.2. The molecule has 26 heavy (non-hydrogen) atoms. The number of rotatable bonds is 7. The molecule has 0 saturated carbocycles. The van der Waals surface area contributed by atoms with Crippen LogP contribution in [0.1, 0.15) is 5.56 Å². The minimum absolute atomic E-state index is 0.110. The molecule has 7 nitrogen and oxygen atoms in total. The number of aliphatic carboxylic acids is 1. The Labute approximate surface area is 151 Å². The van der Waals surface area contributed by atoms with Crippen molar-refractivity contribution < 1.29 is 24.5 Å². The monoisotopic (exact) mass is 358 g/mol. The Kier molecular flexibility index (Phi) is 5.82. The van der Waals surface area contributed by atoms with Gasteiger partial charge in [-0.05, 0) is 37.4 Å². The van der Waals surface area contributed by atoms with Gasteiger partial charge < -0.3 is 19.7 Å². The zero-order valence-electron chi connectivity index (χ0n) is 14.5. The van der Waals surface area contributed by atoms with Crippen molar-refractivity contribution in [1.82, 2.24) is 9.88 Å². The minimum atomic E-state index is -1.03. The van der Waals surface area contributed by atoms with E-state index in [0.717, 1.165) is 16.8 Å². The molecule has 2 heterocycles. The summed E-state index contributed by atoms with van der Waals surface area (Å²) in [6.45, 7) is 0.865. The first-order valence-corrected chi connectivity index (χ1v) is 8.39. The molecule has 1 aromatic heterocycles. The second kappa shape index (κ2) is 8.27. The Morgan fingerprint density at radius 2 is 2.19 bits per heavy atom. The van der Waals surface area contributed by atoms with Gasteiger partial charge in [0, 0.05) is 23.9 Å². The maximum absolute atomic E-state index is 10.9. The Hall–Kier alpha value is -2.48. The van der Waals surface area contributed by atoms with Crippen LogP contribution in [0.25, 0.3) is 11.3 Å². The molecule has 0 unspecified atom stereocenters. The summed E-state index contributed by atoms with van der Waals surface area (Å²) in [5.74, 6) is -0.523. The smallest absolute Gasteiger partial charge is 0.341 e. The lowest BCUT2D eigenvalue weighted by Crippen LogP contribution is -2.40. The number of aliphatic hydroxyl groups is 1. The molecule has 2 aromatic rings. The lowest BCUT2D eigenvalue weighted by molar-refractivity contribution is -0.139. The quantitative estimate of drug-likeness (QED) is 0.773. The Morgan fingerprint density at radius 3 is 2.85 bits per heavy atom. The van der Waals surface area contributed by atoms with E-state index in [1.165, 1.54) is 0 Å². The first-order valence-electron chi connectivity index (χ1n) is 8.39. The number of hydrogen-bond donors (Lipinski definition) is 2. The standard InChI is InChI=1S/C19H22N2O5/c1-21(16-10-25-11-17(16)22)9-14-8-13(15-4-2-3-7-20-15)5-6-18(14)26-12-19(23)24/h2-8,16-17,22H,9-12H2,1H3,(H,23,24)/t16-,17-/m0/s1. The van der Waals surface area contributed by atoms with Gasteiger partial charge >= 0.3 is 5.97 Å². The van der Waals surface area contributed by atoms with Gasteiger partial charge in [0.25, 0.3) is 0 Å². The fourth-order valence-corrected chi connectivity index (χ4v) is 3.01.